The summed E-state index contributed by atoms with van der Waals surface area (Å²) in [6, 6.07) is 8.31. The van der Waals surface area contributed by atoms with E-state index in [1.807, 2.05) is 26.0 Å². The van der Waals surface area contributed by atoms with Crippen LogP contribution in [0.25, 0.3) is 10.8 Å². The van der Waals surface area contributed by atoms with Gasteiger partial charge < -0.3 is 4.74 Å². The molecule has 1 fully saturated rings. The van der Waals surface area contributed by atoms with Gasteiger partial charge in [-0.05, 0) is 25.2 Å². The predicted octanol–water partition coefficient (Wildman–Crippen LogP) is 4.99. The van der Waals surface area contributed by atoms with Crippen molar-refractivity contribution < 1.29 is 22.7 Å². The number of carbonyl (C=O) groups excluding carboxylic acids is 1. The zero-order valence-electron chi connectivity index (χ0n) is 16.4. The van der Waals surface area contributed by atoms with Crippen LogP contribution in [0.15, 0.2) is 36.4 Å². The molecule has 1 unspecified atom stereocenters. The standard InChI is InChI=1S/C21H25F3N2O2/c1-13(2)12-28-18-15-8-6-5-7-14(15)9-10-16(18)19(21(22,23)24)26-20(3,4)11-17(27)25-26/h5-10,13,19H,11-12H2,1-4H3,(H,25,27). The molecule has 7 heteroatoms. The number of carbonyl (C=O) groups is 1. The van der Waals surface area contributed by atoms with Crippen LogP contribution in [0.4, 0.5) is 13.2 Å². The molecule has 2 aromatic carbocycles. The van der Waals surface area contributed by atoms with Crippen molar-refractivity contribution in [2.45, 2.75) is 51.9 Å². The zero-order valence-corrected chi connectivity index (χ0v) is 16.4. The van der Waals surface area contributed by atoms with Crippen molar-refractivity contribution in [3.05, 3.63) is 42.0 Å². The lowest BCUT2D eigenvalue weighted by molar-refractivity contribution is -0.204. The van der Waals surface area contributed by atoms with Crippen LogP contribution in [0, 0.1) is 5.92 Å². The molecule has 1 N–H and O–H groups in total. The van der Waals surface area contributed by atoms with Gasteiger partial charge in [-0.2, -0.15) is 18.2 Å². The highest BCUT2D eigenvalue weighted by molar-refractivity contribution is 5.90. The van der Waals surface area contributed by atoms with E-state index in [0.717, 1.165) is 10.4 Å². The van der Waals surface area contributed by atoms with Crippen LogP contribution in [0.1, 0.15) is 45.7 Å². The Morgan fingerprint density at radius 2 is 1.86 bits per heavy atom. The van der Waals surface area contributed by atoms with Gasteiger partial charge in [-0.1, -0.05) is 50.2 Å². The van der Waals surface area contributed by atoms with Gasteiger partial charge in [0.25, 0.3) is 0 Å². The maximum Gasteiger partial charge on any atom is 0.410 e. The third-order valence-corrected chi connectivity index (χ3v) is 4.82. The minimum absolute atomic E-state index is 0.00197. The van der Waals surface area contributed by atoms with Crippen LogP contribution in [-0.4, -0.2) is 29.2 Å². The van der Waals surface area contributed by atoms with Gasteiger partial charge in [0.15, 0.2) is 6.04 Å². The van der Waals surface area contributed by atoms with Crippen molar-refractivity contribution in [3.63, 3.8) is 0 Å². The van der Waals surface area contributed by atoms with Gasteiger partial charge in [0.05, 0.1) is 6.61 Å². The van der Waals surface area contributed by atoms with Gasteiger partial charge in [0, 0.05) is 22.9 Å². The van der Waals surface area contributed by atoms with Gasteiger partial charge in [-0.15, -0.1) is 0 Å². The van der Waals surface area contributed by atoms with E-state index in [9.17, 15) is 18.0 Å². The molecule has 1 atom stereocenters. The number of nitrogens with one attached hydrogen (secondary N) is 1. The molecular weight excluding hydrogens is 369 g/mol. The molecule has 0 spiro atoms. The molecule has 3 rings (SSSR count). The number of alkyl halides is 3. The number of rotatable bonds is 5. The molecule has 1 aliphatic rings. The van der Waals surface area contributed by atoms with E-state index in [2.05, 4.69) is 5.43 Å². The lowest BCUT2D eigenvalue weighted by Crippen LogP contribution is -2.51. The summed E-state index contributed by atoms with van der Waals surface area (Å²) in [4.78, 5) is 11.9. The van der Waals surface area contributed by atoms with Crippen molar-refractivity contribution in [1.82, 2.24) is 10.4 Å². The maximum absolute atomic E-state index is 14.3. The summed E-state index contributed by atoms with van der Waals surface area (Å²) in [5.74, 6) is -0.0603. The van der Waals surface area contributed by atoms with Crippen LogP contribution in [0.5, 0.6) is 5.75 Å². The van der Waals surface area contributed by atoms with Gasteiger partial charge in [-0.25, -0.2) is 0 Å². The third-order valence-electron chi connectivity index (χ3n) is 4.82. The van der Waals surface area contributed by atoms with E-state index in [1.54, 1.807) is 32.0 Å². The van der Waals surface area contributed by atoms with Crippen molar-refractivity contribution in [1.29, 1.82) is 0 Å². The normalized spacial score (nSPS) is 18.5. The Morgan fingerprint density at radius 1 is 1.18 bits per heavy atom. The molecule has 152 valence electrons. The summed E-state index contributed by atoms with van der Waals surface area (Å²) in [5.41, 5.74) is 1.42. The van der Waals surface area contributed by atoms with E-state index in [-0.39, 0.29) is 23.7 Å². The van der Waals surface area contributed by atoms with Crippen molar-refractivity contribution in [2.24, 2.45) is 5.92 Å². The second-order valence-electron chi connectivity index (χ2n) is 8.25. The first-order valence-electron chi connectivity index (χ1n) is 9.30. The fourth-order valence-corrected chi connectivity index (χ4v) is 3.57. The lowest BCUT2D eigenvalue weighted by atomic mass is 9.94. The van der Waals surface area contributed by atoms with E-state index >= 15 is 0 Å². The van der Waals surface area contributed by atoms with Gasteiger partial charge in [-0.3, -0.25) is 10.2 Å². The van der Waals surface area contributed by atoms with Crippen LogP contribution >= 0.6 is 0 Å². The van der Waals surface area contributed by atoms with E-state index in [4.69, 9.17) is 4.74 Å². The van der Waals surface area contributed by atoms with Gasteiger partial charge >= 0.3 is 6.18 Å². The van der Waals surface area contributed by atoms with Crippen LogP contribution < -0.4 is 10.2 Å². The van der Waals surface area contributed by atoms with Gasteiger partial charge in [0.2, 0.25) is 5.91 Å². The molecule has 0 radical (unpaired) electrons. The average Bonchev–Trinajstić information content (AvgIpc) is 2.84. The summed E-state index contributed by atoms with van der Waals surface area (Å²) >= 11 is 0. The van der Waals surface area contributed by atoms with Gasteiger partial charge in [0.1, 0.15) is 5.75 Å². The first-order chi connectivity index (χ1) is 13.0. The quantitative estimate of drug-likeness (QED) is 0.777. The Labute approximate surface area is 162 Å². The minimum Gasteiger partial charge on any atom is -0.492 e. The first kappa shape index (κ1) is 20.5. The maximum atomic E-state index is 14.3. The van der Waals surface area contributed by atoms with E-state index in [1.165, 1.54) is 6.07 Å². The number of ether oxygens (including phenoxy) is 1. The Bertz CT molecular complexity index is 878. The van der Waals surface area contributed by atoms with Crippen molar-refractivity contribution in [3.8, 4) is 5.75 Å². The number of nitrogens with zero attached hydrogens (tertiary/aromatic N) is 1. The second kappa shape index (κ2) is 7.28. The zero-order chi connectivity index (χ0) is 20.7. The molecule has 1 amide bonds. The Hall–Kier alpha value is -2.28. The number of hydrogen-bond acceptors (Lipinski definition) is 3. The van der Waals surface area contributed by atoms with Crippen LogP contribution in [0.2, 0.25) is 0 Å². The topological polar surface area (TPSA) is 41.6 Å². The van der Waals surface area contributed by atoms with E-state index < -0.39 is 23.7 Å². The monoisotopic (exact) mass is 394 g/mol. The molecule has 2 aromatic rings. The molecule has 0 aromatic heterocycles. The number of benzene rings is 2. The summed E-state index contributed by atoms with van der Waals surface area (Å²) in [6.45, 7) is 7.42. The SMILES string of the molecule is CC(C)COc1c(C(N2NC(=O)CC2(C)C)C(F)(F)F)ccc2ccccc12. The number of halogens is 3. The molecule has 1 saturated heterocycles. The fraction of sp³-hybridized carbons (Fsp3) is 0.476. The minimum atomic E-state index is -4.60. The average molecular weight is 394 g/mol. The summed E-state index contributed by atoms with van der Waals surface area (Å²) in [6.07, 6.45) is -4.61. The molecular formula is C21H25F3N2O2. The summed E-state index contributed by atoms with van der Waals surface area (Å²) in [5, 5.41) is 2.44. The molecule has 0 aliphatic carbocycles. The Morgan fingerprint density at radius 3 is 2.43 bits per heavy atom. The van der Waals surface area contributed by atoms with Crippen LogP contribution in [-0.2, 0) is 4.79 Å². The molecule has 1 aliphatic heterocycles. The smallest absolute Gasteiger partial charge is 0.410 e. The highest BCUT2D eigenvalue weighted by Gasteiger charge is 2.54. The molecule has 0 saturated carbocycles. The molecule has 4 nitrogen and oxygen atoms in total. The Kier molecular flexibility index (Phi) is 5.32. The first-order valence-corrected chi connectivity index (χ1v) is 9.30. The van der Waals surface area contributed by atoms with Crippen molar-refractivity contribution >= 4 is 16.7 Å². The lowest BCUT2D eigenvalue weighted by Gasteiger charge is -2.38. The largest absolute Gasteiger partial charge is 0.492 e. The van der Waals surface area contributed by atoms with Crippen molar-refractivity contribution in [2.75, 3.05) is 6.61 Å². The Balaban J connectivity index is 2.19. The molecule has 28 heavy (non-hydrogen) atoms. The third kappa shape index (κ3) is 3.94. The number of hydrogen-bond donors (Lipinski definition) is 1. The number of hydrazine groups is 1. The highest BCUT2D eigenvalue weighted by atomic mass is 19.4. The number of amides is 1. The summed E-state index contributed by atoms with van der Waals surface area (Å²) < 4.78 is 48.7. The number of fused-ring (bicyclic) bond motifs is 1. The fourth-order valence-electron chi connectivity index (χ4n) is 3.57. The predicted molar refractivity (Wildman–Crippen MR) is 102 cm³/mol. The van der Waals surface area contributed by atoms with E-state index in [0.29, 0.717) is 12.0 Å². The molecule has 1 heterocycles. The van der Waals surface area contributed by atoms with Crippen LogP contribution in [0.3, 0.4) is 0 Å². The second-order valence-corrected chi connectivity index (χ2v) is 8.25. The summed E-state index contributed by atoms with van der Waals surface area (Å²) in [7, 11) is 0. The highest BCUT2D eigenvalue weighted by Crippen LogP contribution is 2.47. The molecule has 0 bridgehead atoms.